The van der Waals surface area contributed by atoms with Crippen molar-refractivity contribution in [2.45, 2.75) is 19.8 Å². The van der Waals surface area contributed by atoms with Gasteiger partial charge >= 0.3 is 0 Å². The summed E-state index contributed by atoms with van der Waals surface area (Å²) in [6.45, 7) is 7.17. The Morgan fingerprint density at radius 2 is 1.23 bits per heavy atom. The molecule has 1 aliphatic carbocycles. The molecular formula is C68H48N2O. The van der Waals surface area contributed by atoms with Gasteiger partial charge in [0.2, 0.25) is 0 Å². The zero-order valence-electron chi connectivity index (χ0n) is 39.4. The molecule has 0 N–H and O–H groups in total. The van der Waals surface area contributed by atoms with Crippen LogP contribution in [0.3, 0.4) is 0 Å². The minimum atomic E-state index is 0.680. The Hall–Kier alpha value is -9.05. The molecule has 1 aliphatic rings. The van der Waals surface area contributed by atoms with E-state index < -0.39 is 0 Å². The molecule has 2 aromatic heterocycles. The van der Waals surface area contributed by atoms with Gasteiger partial charge in [0.25, 0.3) is 0 Å². The maximum atomic E-state index is 6.62. The molecule has 0 saturated heterocycles. The second kappa shape index (κ2) is 17.5. The van der Waals surface area contributed by atoms with E-state index in [1.54, 1.807) is 0 Å². The van der Waals surface area contributed by atoms with E-state index in [1.165, 1.54) is 66.1 Å². The number of furan rings is 1. The van der Waals surface area contributed by atoms with Crippen LogP contribution in [0.1, 0.15) is 53.1 Å². The molecule has 0 bridgehead atoms. The highest BCUT2D eigenvalue weighted by Crippen LogP contribution is 2.48. The first-order valence-electron chi connectivity index (χ1n) is 24.5. The number of hydrogen-bond acceptors (Lipinski definition) is 2. The van der Waals surface area contributed by atoms with Gasteiger partial charge in [0, 0.05) is 32.8 Å². The number of aromatic nitrogens is 1. The highest BCUT2D eigenvalue weighted by molar-refractivity contribution is 6.17. The Balaban J connectivity index is 0.964. The second-order valence-electron chi connectivity index (χ2n) is 18.6. The number of aliphatic imine (C=N–C) groups is 1. The van der Waals surface area contributed by atoms with Gasteiger partial charge in [-0.15, -0.1) is 0 Å². The molecule has 71 heavy (non-hydrogen) atoms. The van der Waals surface area contributed by atoms with Crippen LogP contribution in [0.25, 0.3) is 105 Å². The lowest BCUT2D eigenvalue weighted by molar-refractivity contribution is 0.669. The fraction of sp³-hybridized carbons (Fsp3) is 0.0441. The standard InChI is InChI=1S/C68H48N2O/c1-44(52-33-19-34-56-58(40-46-21-5-3-6-22-46)53-29-11-12-31-55(53)67(52)56)20-17-35-60(51-28-18-27-48(41-51)47-23-7-4-8-24-47)69-45(2)66-62(38-39-65-68(66)57-32-14-16-37-64(57)71-65)70-61-36-15-13-30-54(61)59-42-49-25-9-10-26-50(49)43-63(59)70/h3-16,18-34,36-43H,2,17,35H2,1H3/b44-20+,58-40+,69-60+. The van der Waals surface area contributed by atoms with E-state index in [-0.39, 0.29) is 0 Å². The van der Waals surface area contributed by atoms with Crippen LogP contribution in [-0.2, 0) is 0 Å². The lowest BCUT2D eigenvalue weighted by Gasteiger charge is -2.17. The van der Waals surface area contributed by atoms with Crippen LogP contribution < -0.4 is 0 Å². The number of benzene rings is 10. The molecule has 0 unspecified atom stereocenters. The van der Waals surface area contributed by atoms with Gasteiger partial charge in [0.1, 0.15) is 11.2 Å². The van der Waals surface area contributed by atoms with Crippen LogP contribution in [0.2, 0.25) is 0 Å². The van der Waals surface area contributed by atoms with Gasteiger partial charge in [-0.05, 0) is 140 Å². The average Bonchev–Trinajstić information content (AvgIpc) is 4.08. The zero-order chi connectivity index (χ0) is 47.4. The molecule has 0 radical (unpaired) electrons. The maximum Gasteiger partial charge on any atom is 0.136 e. The molecule has 0 amide bonds. The van der Waals surface area contributed by atoms with E-state index in [2.05, 4.69) is 236 Å². The molecule has 10 aromatic carbocycles. The fourth-order valence-corrected chi connectivity index (χ4v) is 11.1. The van der Waals surface area contributed by atoms with Gasteiger partial charge in [0.05, 0.1) is 22.4 Å². The molecule has 12 aromatic rings. The topological polar surface area (TPSA) is 30.4 Å². The van der Waals surface area contributed by atoms with Crippen LogP contribution in [0.4, 0.5) is 0 Å². The lowest BCUT2D eigenvalue weighted by atomic mass is 9.93. The Labute approximate surface area is 413 Å². The normalized spacial score (nSPS) is 13.2. The van der Waals surface area contributed by atoms with Crippen molar-refractivity contribution in [3.63, 3.8) is 0 Å². The summed E-state index contributed by atoms with van der Waals surface area (Å²) in [5.41, 5.74) is 20.9. The Morgan fingerprint density at radius 1 is 0.549 bits per heavy atom. The van der Waals surface area contributed by atoms with Crippen LogP contribution in [-0.4, -0.2) is 10.3 Å². The summed E-state index contributed by atoms with van der Waals surface area (Å²) in [5.74, 6) is 0. The summed E-state index contributed by atoms with van der Waals surface area (Å²) in [6, 6.07) is 80.3. The summed E-state index contributed by atoms with van der Waals surface area (Å²) < 4.78 is 9.03. The van der Waals surface area contributed by atoms with E-state index in [0.717, 1.165) is 73.0 Å². The highest BCUT2D eigenvalue weighted by Gasteiger charge is 2.26. The quantitative estimate of drug-likeness (QED) is 0.126. The molecule has 13 rings (SSSR count). The summed E-state index contributed by atoms with van der Waals surface area (Å²) in [4.78, 5) is 5.71. The van der Waals surface area contributed by atoms with E-state index in [1.807, 2.05) is 12.1 Å². The molecule has 0 spiro atoms. The molecule has 0 atom stereocenters. The minimum absolute atomic E-state index is 0.680. The Bertz CT molecular complexity index is 4180. The monoisotopic (exact) mass is 908 g/mol. The lowest BCUT2D eigenvalue weighted by Crippen LogP contribution is -2.04. The van der Waals surface area contributed by atoms with Gasteiger partial charge in [-0.3, -0.25) is 4.99 Å². The van der Waals surface area contributed by atoms with Gasteiger partial charge in [-0.25, -0.2) is 0 Å². The molecule has 336 valence electrons. The second-order valence-corrected chi connectivity index (χ2v) is 18.6. The van der Waals surface area contributed by atoms with Gasteiger partial charge < -0.3 is 8.98 Å². The fourth-order valence-electron chi connectivity index (χ4n) is 11.1. The van der Waals surface area contributed by atoms with Gasteiger partial charge in [0.15, 0.2) is 0 Å². The Kier molecular flexibility index (Phi) is 10.4. The molecule has 0 aliphatic heterocycles. The molecule has 3 heteroatoms. The van der Waals surface area contributed by atoms with Crippen molar-refractivity contribution < 1.29 is 4.42 Å². The summed E-state index contributed by atoms with van der Waals surface area (Å²) in [5, 5.41) is 6.84. The number of rotatable bonds is 10. The molecular weight excluding hydrogens is 861 g/mol. The first-order valence-corrected chi connectivity index (χ1v) is 24.5. The first-order chi connectivity index (χ1) is 35.1. The predicted octanol–water partition coefficient (Wildman–Crippen LogP) is 18.4. The predicted molar refractivity (Wildman–Crippen MR) is 301 cm³/mol. The zero-order valence-corrected chi connectivity index (χ0v) is 39.4. The molecule has 0 fully saturated rings. The van der Waals surface area contributed by atoms with Crippen molar-refractivity contribution >= 4 is 83.1 Å². The van der Waals surface area contributed by atoms with E-state index >= 15 is 0 Å². The molecule has 0 saturated carbocycles. The van der Waals surface area contributed by atoms with Crippen LogP contribution in [0.5, 0.6) is 0 Å². The van der Waals surface area contributed by atoms with Crippen LogP contribution in [0.15, 0.2) is 247 Å². The summed E-state index contributed by atoms with van der Waals surface area (Å²) in [6.07, 6.45) is 6.19. The number of fused-ring (bicyclic) bond motifs is 10. The Morgan fingerprint density at radius 3 is 2.07 bits per heavy atom. The third-order valence-electron chi connectivity index (χ3n) is 14.4. The first kappa shape index (κ1) is 42.1. The molecule has 2 heterocycles. The van der Waals surface area contributed by atoms with E-state index in [4.69, 9.17) is 16.0 Å². The number of hydrogen-bond donors (Lipinski definition) is 0. The van der Waals surface area contributed by atoms with Crippen molar-refractivity contribution in [2.24, 2.45) is 4.99 Å². The van der Waals surface area contributed by atoms with Gasteiger partial charge in [-0.1, -0.05) is 195 Å². The van der Waals surface area contributed by atoms with Gasteiger partial charge in [-0.2, -0.15) is 0 Å². The van der Waals surface area contributed by atoms with Crippen molar-refractivity contribution in [3.8, 4) is 27.9 Å². The smallest absolute Gasteiger partial charge is 0.136 e. The maximum absolute atomic E-state index is 6.62. The largest absolute Gasteiger partial charge is 0.456 e. The van der Waals surface area contributed by atoms with Crippen LogP contribution in [0, 0.1) is 0 Å². The number of nitrogens with zero attached hydrogens (tertiary/aromatic N) is 2. The third-order valence-corrected chi connectivity index (χ3v) is 14.4. The van der Waals surface area contributed by atoms with Crippen molar-refractivity contribution in [1.29, 1.82) is 0 Å². The highest BCUT2D eigenvalue weighted by atomic mass is 16.3. The van der Waals surface area contributed by atoms with Crippen LogP contribution >= 0.6 is 0 Å². The van der Waals surface area contributed by atoms with Crippen molar-refractivity contribution in [3.05, 3.63) is 270 Å². The SMILES string of the molecule is C=C(/N=C(\CC/C=C(\C)c1cccc2c1-c1ccccc1/C2=C\c1ccccc1)c1cccc(-c2ccccc2)c1)c1c(-n2c3ccccc3c3cc4ccccc4cc32)ccc2oc3ccccc3c12. The number of para-hydroxylation sites is 2. The summed E-state index contributed by atoms with van der Waals surface area (Å²) >= 11 is 0. The summed E-state index contributed by atoms with van der Waals surface area (Å²) in [7, 11) is 0. The van der Waals surface area contributed by atoms with Crippen molar-refractivity contribution in [1.82, 2.24) is 4.57 Å². The average molecular weight is 909 g/mol. The third kappa shape index (κ3) is 7.33. The van der Waals surface area contributed by atoms with E-state index in [9.17, 15) is 0 Å². The van der Waals surface area contributed by atoms with E-state index in [0.29, 0.717) is 12.1 Å². The number of allylic oxidation sites excluding steroid dienone is 2. The molecule has 3 nitrogen and oxygen atoms in total. The minimum Gasteiger partial charge on any atom is -0.456 e. The van der Waals surface area contributed by atoms with Crippen molar-refractivity contribution in [2.75, 3.05) is 0 Å².